The van der Waals surface area contributed by atoms with Crippen molar-refractivity contribution < 1.29 is 0 Å². The summed E-state index contributed by atoms with van der Waals surface area (Å²) < 4.78 is 0. The minimum absolute atomic E-state index is 0.665. The van der Waals surface area contributed by atoms with Gasteiger partial charge in [-0.25, -0.2) is 9.98 Å². The molecule has 0 saturated heterocycles. The average molecular weight is 157 g/mol. The Bertz CT molecular complexity index is 329. The molecule has 0 radical (unpaired) electrons. The molecule has 0 spiro atoms. The Hall–Kier alpha value is -1.77. The maximum atomic E-state index is 4.16. The van der Waals surface area contributed by atoms with Crippen LogP contribution >= 0.6 is 0 Å². The summed E-state index contributed by atoms with van der Waals surface area (Å²) in [6, 6.07) is 3.73. The lowest BCUT2D eigenvalue weighted by Gasteiger charge is -1.97. The molecule has 0 aliphatic carbocycles. The first-order valence-corrected chi connectivity index (χ1v) is 3.65. The lowest BCUT2D eigenvalue weighted by molar-refractivity contribution is 1.26. The predicted molar refractivity (Wildman–Crippen MR) is 49.7 cm³/mol. The molecule has 12 heavy (non-hydrogen) atoms. The van der Waals surface area contributed by atoms with E-state index in [1.165, 1.54) is 0 Å². The van der Waals surface area contributed by atoms with Crippen molar-refractivity contribution in [1.82, 2.24) is 4.98 Å². The quantitative estimate of drug-likeness (QED) is 0.568. The summed E-state index contributed by atoms with van der Waals surface area (Å²) in [7, 11) is 0. The van der Waals surface area contributed by atoms with E-state index in [9.17, 15) is 0 Å². The molecule has 0 fully saturated rings. The second kappa shape index (κ2) is 3.09. The molecule has 58 valence electrons. The van der Waals surface area contributed by atoms with Gasteiger partial charge in [0.1, 0.15) is 5.69 Å². The Balaban J connectivity index is 2.54. The van der Waals surface area contributed by atoms with E-state index in [1.54, 1.807) is 18.6 Å². The first kappa shape index (κ1) is 6.91. The van der Waals surface area contributed by atoms with Gasteiger partial charge >= 0.3 is 0 Å². The number of allylic oxidation sites excluding steroid dienone is 2. The van der Waals surface area contributed by atoms with Crippen LogP contribution in [0.1, 0.15) is 0 Å². The van der Waals surface area contributed by atoms with Crippen LogP contribution in [-0.2, 0) is 0 Å². The van der Waals surface area contributed by atoms with Gasteiger partial charge in [0.05, 0.1) is 0 Å². The number of hydrogen-bond donors (Lipinski definition) is 0. The van der Waals surface area contributed by atoms with E-state index < -0.39 is 0 Å². The molecule has 2 heterocycles. The van der Waals surface area contributed by atoms with Crippen LogP contribution in [0.4, 0.5) is 11.5 Å². The molecule has 0 amide bonds. The maximum Gasteiger partial charge on any atom is 0.178 e. The fraction of sp³-hybridized carbons (Fsp3) is 0. The van der Waals surface area contributed by atoms with Gasteiger partial charge in [-0.15, -0.1) is 0 Å². The number of rotatable bonds is 0. The minimum Gasteiger partial charge on any atom is -0.253 e. The summed E-state index contributed by atoms with van der Waals surface area (Å²) in [5.41, 5.74) is 0.804. The SMILES string of the molecule is C1=CC=Nc2ncccc2N=C1. The smallest absolute Gasteiger partial charge is 0.178 e. The third kappa shape index (κ3) is 1.29. The first-order chi connectivity index (χ1) is 5.97. The normalized spacial score (nSPS) is 13.7. The molecule has 1 aliphatic heterocycles. The first-order valence-electron chi connectivity index (χ1n) is 3.65. The highest BCUT2D eigenvalue weighted by molar-refractivity contribution is 5.87. The van der Waals surface area contributed by atoms with Crippen molar-refractivity contribution in [3.8, 4) is 0 Å². The van der Waals surface area contributed by atoms with Crippen LogP contribution in [0.25, 0.3) is 0 Å². The topological polar surface area (TPSA) is 37.6 Å². The van der Waals surface area contributed by atoms with E-state index in [-0.39, 0.29) is 0 Å². The summed E-state index contributed by atoms with van der Waals surface area (Å²) in [5, 5.41) is 0. The van der Waals surface area contributed by atoms with Gasteiger partial charge in [0.25, 0.3) is 0 Å². The van der Waals surface area contributed by atoms with Crippen molar-refractivity contribution in [2.45, 2.75) is 0 Å². The third-order valence-corrected chi connectivity index (χ3v) is 1.46. The van der Waals surface area contributed by atoms with Crippen LogP contribution in [0.2, 0.25) is 0 Å². The molecule has 0 unspecified atom stereocenters. The third-order valence-electron chi connectivity index (χ3n) is 1.46. The Kier molecular flexibility index (Phi) is 1.78. The van der Waals surface area contributed by atoms with Crippen LogP contribution < -0.4 is 0 Å². The van der Waals surface area contributed by atoms with Crippen LogP contribution in [0, 0.1) is 0 Å². The van der Waals surface area contributed by atoms with Gasteiger partial charge in [0, 0.05) is 18.6 Å². The summed E-state index contributed by atoms with van der Waals surface area (Å²) in [6.45, 7) is 0. The Morgan fingerprint density at radius 3 is 2.75 bits per heavy atom. The number of aromatic nitrogens is 1. The van der Waals surface area contributed by atoms with Crippen molar-refractivity contribution in [3.63, 3.8) is 0 Å². The van der Waals surface area contributed by atoms with E-state index in [1.807, 2.05) is 24.3 Å². The molecular formula is C9H7N3. The highest BCUT2D eigenvalue weighted by Crippen LogP contribution is 2.23. The molecule has 0 atom stereocenters. The molecule has 2 rings (SSSR count). The van der Waals surface area contributed by atoms with Crippen LogP contribution in [0.3, 0.4) is 0 Å². The molecule has 3 heteroatoms. The van der Waals surface area contributed by atoms with Gasteiger partial charge in [-0.05, 0) is 24.3 Å². The molecular weight excluding hydrogens is 150 g/mol. The molecule has 3 nitrogen and oxygen atoms in total. The second-order valence-corrected chi connectivity index (χ2v) is 2.29. The number of fused-ring (bicyclic) bond motifs is 1. The standard InChI is InChI=1S/C9H7N3/c1-2-6-11-9-8(10-5-1)4-3-7-12-9/h1-7H. The Labute approximate surface area is 70.2 Å². The number of nitrogens with zero attached hydrogens (tertiary/aromatic N) is 3. The van der Waals surface area contributed by atoms with Gasteiger partial charge in [-0.3, -0.25) is 4.99 Å². The van der Waals surface area contributed by atoms with Crippen molar-refractivity contribution in [3.05, 3.63) is 30.5 Å². The summed E-state index contributed by atoms with van der Waals surface area (Å²) >= 11 is 0. The zero-order chi connectivity index (χ0) is 8.23. The van der Waals surface area contributed by atoms with Crippen molar-refractivity contribution in [1.29, 1.82) is 0 Å². The van der Waals surface area contributed by atoms with Crippen LogP contribution in [-0.4, -0.2) is 17.4 Å². The Morgan fingerprint density at radius 1 is 1.00 bits per heavy atom. The molecule has 1 aromatic rings. The molecule has 1 aliphatic rings. The fourth-order valence-electron chi connectivity index (χ4n) is 0.925. The van der Waals surface area contributed by atoms with E-state index in [4.69, 9.17) is 0 Å². The second-order valence-electron chi connectivity index (χ2n) is 2.29. The van der Waals surface area contributed by atoms with Gasteiger partial charge < -0.3 is 0 Å². The van der Waals surface area contributed by atoms with Crippen LogP contribution in [0.15, 0.2) is 40.5 Å². The zero-order valence-corrected chi connectivity index (χ0v) is 6.38. The van der Waals surface area contributed by atoms with E-state index in [0.717, 1.165) is 5.69 Å². The Morgan fingerprint density at radius 2 is 1.83 bits per heavy atom. The van der Waals surface area contributed by atoms with Crippen molar-refractivity contribution in [2.24, 2.45) is 9.98 Å². The molecule has 0 N–H and O–H groups in total. The minimum atomic E-state index is 0.665. The van der Waals surface area contributed by atoms with Gasteiger partial charge in [0.2, 0.25) is 0 Å². The summed E-state index contributed by atoms with van der Waals surface area (Å²) in [6.07, 6.45) is 8.79. The molecule has 0 saturated carbocycles. The maximum absolute atomic E-state index is 4.16. The number of pyridine rings is 1. The monoisotopic (exact) mass is 157 g/mol. The van der Waals surface area contributed by atoms with Gasteiger partial charge in [-0.2, -0.15) is 0 Å². The predicted octanol–water partition coefficient (Wildman–Crippen LogP) is 2.06. The van der Waals surface area contributed by atoms with Crippen LogP contribution in [0.5, 0.6) is 0 Å². The van der Waals surface area contributed by atoms with E-state index >= 15 is 0 Å². The highest BCUT2D eigenvalue weighted by Gasteiger charge is 1.97. The summed E-state index contributed by atoms with van der Waals surface area (Å²) in [4.78, 5) is 12.3. The lowest BCUT2D eigenvalue weighted by atomic mass is 10.4. The number of hydrogen-bond acceptors (Lipinski definition) is 3. The van der Waals surface area contributed by atoms with Crippen molar-refractivity contribution in [2.75, 3.05) is 0 Å². The largest absolute Gasteiger partial charge is 0.253 e. The fourth-order valence-corrected chi connectivity index (χ4v) is 0.925. The van der Waals surface area contributed by atoms with E-state index in [2.05, 4.69) is 15.0 Å². The van der Waals surface area contributed by atoms with E-state index in [0.29, 0.717) is 5.82 Å². The van der Waals surface area contributed by atoms with Crippen molar-refractivity contribution >= 4 is 23.9 Å². The highest BCUT2D eigenvalue weighted by atomic mass is 14.9. The molecule has 0 aromatic carbocycles. The molecule has 0 bridgehead atoms. The molecule has 1 aromatic heterocycles. The van der Waals surface area contributed by atoms with Gasteiger partial charge in [-0.1, -0.05) is 0 Å². The number of aliphatic imine (C=N–C) groups is 2. The zero-order valence-electron chi connectivity index (χ0n) is 6.38. The average Bonchev–Trinajstić information content (AvgIpc) is 2.06. The van der Waals surface area contributed by atoms with Gasteiger partial charge in [0.15, 0.2) is 5.82 Å². The lowest BCUT2D eigenvalue weighted by Crippen LogP contribution is -1.78. The summed E-state index contributed by atoms with van der Waals surface area (Å²) in [5.74, 6) is 0.665.